The molecular formula is C66H51Cl6F3N12O6. The number of nitrogens with two attached hydrogens (primary N) is 2. The molecule has 27 heteroatoms. The van der Waals surface area contributed by atoms with Gasteiger partial charge < -0.3 is 32.3 Å². The number of carbonyl (C=O) groups is 6. The van der Waals surface area contributed by atoms with E-state index in [0.29, 0.717) is 58.0 Å². The SMILES string of the molecule is CN(C)C(=N)c1ccc(C(=O)Cc2ccc(Cl)cc2C(=O)Nc2ccc(Cl)cn2)c(F)c1.CN=C(N)c1ccc(C(=O)Cc2ccc(Cl)cc2C(=O)Nc2ccc(Cl)cn2)c(F)c1.N=C(N)c1ccc(C(=O)Cc2ccc(Cl)cc2C(=O)Nc2ccc(Cl)cn2)c(F)c1. The molecule has 0 saturated heterocycles. The van der Waals surface area contributed by atoms with E-state index < -0.39 is 52.5 Å². The lowest BCUT2D eigenvalue weighted by Crippen LogP contribution is -2.22. The summed E-state index contributed by atoms with van der Waals surface area (Å²) >= 11 is 35.5. The highest BCUT2D eigenvalue weighted by Crippen LogP contribution is 2.26. The largest absolute Gasteiger partial charge is 0.384 e. The second-order valence-corrected chi connectivity index (χ2v) is 22.6. The first-order chi connectivity index (χ1) is 44.2. The standard InChI is InChI=1S/C23H19Cl2FN4O2.C22H17Cl2FN4O2.C21H15Cl2FN4O2/c1-30(2)22(27)14-4-7-17(19(26)9-14)20(31)10-13-3-5-15(24)11-18(13)23(32)29-21-8-6-16(25)12-28-21;1-27-21(26)13-3-6-16(18(25)8-13)19(30)9-12-2-4-14(23)10-17(12)22(31)29-20-7-5-15(24)11-28-20;22-13-3-1-11(8-18(29)15-5-2-12(20(25)26)7-17(15)24)16(9-13)21(30)28-19-6-4-14(23)10-27-19/h3-9,11-12,27H,10H2,1-2H3,(H,28,29,32);2-8,10-11H,9H2,1H3,(H2,26,27)(H,28,29,31);1-7,9-10H,8H2,(H3,25,26)(H,27,28,30). The molecule has 18 nitrogen and oxygen atoms in total. The molecule has 6 aromatic carbocycles. The van der Waals surface area contributed by atoms with Crippen LogP contribution in [0.4, 0.5) is 30.6 Å². The fraction of sp³-hybridized carbons (Fsp3) is 0.0909. The summed E-state index contributed by atoms with van der Waals surface area (Å²) in [5, 5.41) is 25.3. The number of Topliss-reactive ketones (excluding diaryl/α,β-unsaturated/α-hetero) is 3. The number of nitrogens with zero attached hydrogens (tertiary/aromatic N) is 5. The van der Waals surface area contributed by atoms with Crippen molar-refractivity contribution in [2.24, 2.45) is 16.5 Å². The van der Waals surface area contributed by atoms with Gasteiger partial charge in [-0.25, -0.2) is 28.1 Å². The maximum Gasteiger partial charge on any atom is 0.257 e. The molecule has 0 aliphatic heterocycles. The number of amidine groups is 3. The highest BCUT2D eigenvalue weighted by atomic mass is 35.5. The van der Waals surface area contributed by atoms with Crippen molar-refractivity contribution in [3.8, 4) is 0 Å². The summed E-state index contributed by atoms with van der Waals surface area (Å²) < 4.78 is 43.4. The predicted molar refractivity (Wildman–Crippen MR) is 357 cm³/mol. The molecule has 0 spiro atoms. The van der Waals surface area contributed by atoms with Crippen LogP contribution in [0.15, 0.2) is 169 Å². The van der Waals surface area contributed by atoms with E-state index in [-0.39, 0.29) is 93.2 Å². The Balaban J connectivity index is 0.000000198. The zero-order valence-corrected chi connectivity index (χ0v) is 53.5. The molecule has 3 amide bonds. The number of aromatic nitrogens is 3. The molecule has 0 radical (unpaired) electrons. The van der Waals surface area contributed by atoms with E-state index in [4.69, 9.17) is 91.9 Å². The van der Waals surface area contributed by atoms with Gasteiger partial charge in [-0.15, -0.1) is 0 Å². The number of benzene rings is 6. The monoisotopic (exact) mass is 1370 g/mol. The quantitative estimate of drug-likeness (QED) is 0.0240. The molecule has 0 aliphatic carbocycles. The van der Waals surface area contributed by atoms with Gasteiger partial charge >= 0.3 is 0 Å². The number of pyridine rings is 3. The van der Waals surface area contributed by atoms with Crippen LogP contribution < -0.4 is 27.4 Å². The normalized spacial score (nSPS) is 10.8. The number of amides is 3. The third-order valence-electron chi connectivity index (χ3n) is 13.3. The van der Waals surface area contributed by atoms with Gasteiger partial charge in [0.25, 0.3) is 17.7 Å². The van der Waals surface area contributed by atoms with Crippen molar-refractivity contribution in [1.29, 1.82) is 10.8 Å². The summed E-state index contributed by atoms with van der Waals surface area (Å²) in [7, 11) is 4.83. The van der Waals surface area contributed by atoms with Gasteiger partial charge in [0.15, 0.2) is 17.3 Å². The van der Waals surface area contributed by atoms with Gasteiger partial charge in [0.05, 0.1) is 31.8 Å². The third kappa shape index (κ3) is 19.6. The second-order valence-electron chi connectivity index (χ2n) is 20.0. The lowest BCUT2D eigenvalue weighted by molar-refractivity contribution is 0.0976. The van der Waals surface area contributed by atoms with Crippen LogP contribution in [0.2, 0.25) is 30.1 Å². The number of halogens is 9. The Morgan fingerprint density at radius 2 is 0.731 bits per heavy atom. The van der Waals surface area contributed by atoms with Crippen LogP contribution >= 0.6 is 69.6 Å². The van der Waals surface area contributed by atoms with Crippen LogP contribution in [0.5, 0.6) is 0 Å². The van der Waals surface area contributed by atoms with E-state index in [2.05, 4.69) is 35.9 Å². The summed E-state index contributed by atoms with van der Waals surface area (Å²) in [5.41, 5.74) is 13.2. The van der Waals surface area contributed by atoms with Gasteiger partial charge in [-0.05, 0) is 126 Å². The Hall–Kier alpha value is -9.87. The molecule has 3 aromatic heterocycles. The van der Waals surface area contributed by atoms with Crippen molar-refractivity contribution in [1.82, 2.24) is 19.9 Å². The van der Waals surface area contributed by atoms with Gasteiger partial charge in [0.2, 0.25) is 0 Å². The van der Waals surface area contributed by atoms with E-state index in [9.17, 15) is 41.9 Å². The Labute approximate surface area is 560 Å². The lowest BCUT2D eigenvalue weighted by atomic mass is 9.97. The van der Waals surface area contributed by atoms with Crippen LogP contribution in [-0.2, 0) is 19.3 Å². The van der Waals surface area contributed by atoms with Crippen molar-refractivity contribution < 1.29 is 41.9 Å². The summed E-state index contributed by atoms with van der Waals surface area (Å²) in [4.78, 5) is 93.8. The first-order valence-electron chi connectivity index (χ1n) is 27.1. The maximum absolute atomic E-state index is 14.6. The van der Waals surface area contributed by atoms with E-state index in [1.54, 1.807) is 56.6 Å². The smallest absolute Gasteiger partial charge is 0.257 e. The first kappa shape index (κ1) is 70.6. The molecule has 0 bridgehead atoms. The average molecular weight is 1380 g/mol. The van der Waals surface area contributed by atoms with Gasteiger partial charge in [0, 0.05) is 107 Å². The number of nitrogens with one attached hydrogen (secondary N) is 5. The van der Waals surface area contributed by atoms with E-state index in [1.807, 2.05) is 0 Å². The highest BCUT2D eigenvalue weighted by molar-refractivity contribution is 6.33. The van der Waals surface area contributed by atoms with Gasteiger partial charge in [-0.3, -0.25) is 44.6 Å². The minimum Gasteiger partial charge on any atom is -0.384 e. The van der Waals surface area contributed by atoms with Crippen LogP contribution in [0, 0.1) is 28.3 Å². The molecule has 9 rings (SSSR count). The van der Waals surface area contributed by atoms with Crippen LogP contribution in [-0.4, -0.2) is 93.6 Å². The number of anilines is 3. The van der Waals surface area contributed by atoms with Crippen molar-refractivity contribution in [3.05, 3.63) is 279 Å². The fourth-order valence-corrected chi connectivity index (χ4v) is 9.38. The Bertz CT molecular complexity index is 4410. The Morgan fingerprint density at radius 3 is 1.02 bits per heavy atom. The van der Waals surface area contributed by atoms with E-state index in [0.717, 1.165) is 18.2 Å². The number of nitrogen functional groups attached to an aromatic ring is 1. The van der Waals surface area contributed by atoms with Gasteiger partial charge in [-0.2, -0.15) is 0 Å². The number of hydrogen-bond donors (Lipinski definition) is 7. The molecular weight excluding hydrogens is 1330 g/mol. The Morgan fingerprint density at radius 1 is 0.430 bits per heavy atom. The van der Waals surface area contributed by atoms with Crippen LogP contribution in [0.25, 0.3) is 0 Å². The number of hydrogen-bond acceptors (Lipinski definition) is 12. The molecule has 0 fully saturated rings. The number of rotatable bonds is 18. The fourth-order valence-electron chi connectivity index (χ4n) is 8.53. The second kappa shape index (κ2) is 32.4. The highest BCUT2D eigenvalue weighted by Gasteiger charge is 2.23. The molecule has 9 aromatic rings. The van der Waals surface area contributed by atoms with Gasteiger partial charge in [-0.1, -0.05) is 106 Å². The summed E-state index contributed by atoms with van der Waals surface area (Å²) in [6.45, 7) is 0. The van der Waals surface area contributed by atoms with Crippen LogP contribution in [0.1, 0.15) is 95.5 Å². The summed E-state index contributed by atoms with van der Waals surface area (Å²) in [6, 6.07) is 34.6. The Kier molecular flexibility index (Phi) is 24.6. The van der Waals surface area contributed by atoms with Crippen molar-refractivity contribution in [2.75, 3.05) is 37.1 Å². The minimum atomic E-state index is -0.793. The van der Waals surface area contributed by atoms with Crippen molar-refractivity contribution in [3.63, 3.8) is 0 Å². The predicted octanol–water partition coefficient (Wildman–Crippen LogP) is 14.1. The third-order valence-corrected chi connectivity index (χ3v) is 14.7. The molecule has 0 atom stereocenters. The zero-order valence-electron chi connectivity index (χ0n) is 49.0. The summed E-state index contributed by atoms with van der Waals surface area (Å²) in [6.07, 6.45) is 3.51. The molecule has 3 heterocycles. The molecule has 0 unspecified atom stereocenters. The van der Waals surface area contributed by atoms with Crippen LogP contribution in [0.3, 0.4) is 0 Å². The maximum atomic E-state index is 14.6. The number of aliphatic imine (C=N–C) groups is 1. The molecule has 0 saturated carbocycles. The van der Waals surface area contributed by atoms with Crippen molar-refractivity contribution in [2.45, 2.75) is 19.3 Å². The average Bonchev–Trinajstić information content (AvgIpc) is 0.934. The van der Waals surface area contributed by atoms with E-state index in [1.165, 1.54) is 115 Å². The van der Waals surface area contributed by atoms with E-state index >= 15 is 0 Å². The first-order valence-corrected chi connectivity index (χ1v) is 29.4. The minimum absolute atomic E-state index is 0.117. The summed E-state index contributed by atoms with van der Waals surface area (Å²) in [5.74, 6) is -4.54. The molecule has 9 N–H and O–H groups in total. The number of ketones is 3. The topological polar surface area (TPSA) is 293 Å². The van der Waals surface area contributed by atoms with Crippen molar-refractivity contribution >= 4 is 140 Å². The molecule has 474 valence electrons. The number of carbonyl (C=O) groups excluding carboxylic acids is 6. The molecule has 0 aliphatic rings. The van der Waals surface area contributed by atoms with Gasteiger partial charge in [0.1, 0.15) is 52.4 Å². The zero-order chi connectivity index (χ0) is 67.8. The molecule has 93 heavy (non-hydrogen) atoms. The lowest BCUT2D eigenvalue weighted by Gasteiger charge is -2.14.